The number of para-hydroxylation sites is 1. The molecule has 10 heteroatoms. The molecule has 1 aliphatic heterocycles. The Morgan fingerprint density at radius 3 is 2.42 bits per heavy atom. The molecule has 1 amide bonds. The Morgan fingerprint density at radius 1 is 1.13 bits per heavy atom. The second-order valence-corrected chi connectivity index (χ2v) is 9.66. The van der Waals surface area contributed by atoms with E-state index in [-0.39, 0.29) is 21.8 Å². The number of nitro benzene ring substituents is 1. The summed E-state index contributed by atoms with van der Waals surface area (Å²) in [7, 11) is -0.175. The Balaban J connectivity index is 2.01. The number of benzene rings is 2. The van der Waals surface area contributed by atoms with Gasteiger partial charge in [0.1, 0.15) is 5.56 Å². The molecular weight excluding hydrogens is 420 g/mol. The highest BCUT2D eigenvalue weighted by Gasteiger charge is 2.28. The number of piperidine rings is 1. The van der Waals surface area contributed by atoms with E-state index in [1.54, 1.807) is 44.1 Å². The lowest BCUT2D eigenvalue weighted by Gasteiger charge is -2.26. The third-order valence-corrected chi connectivity index (χ3v) is 7.21. The Bertz CT molecular complexity index is 1110. The Kier molecular flexibility index (Phi) is 6.61. The lowest BCUT2D eigenvalue weighted by atomic mass is 10.1. The summed E-state index contributed by atoms with van der Waals surface area (Å²) in [6, 6.07) is 9.07. The lowest BCUT2D eigenvalue weighted by molar-refractivity contribution is -0.385. The van der Waals surface area contributed by atoms with E-state index in [9.17, 15) is 23.3 Å². The smallest absolute Gasteiger partial charge is 0.285 e. The minimum atomic E-state index is -3.70. The molecule has 1 aliphatic rings. The largest absolute Gasteiger partial charge is 0.376 e. The number of amides is 1. The molecule has 0 spiro atoms. The van der Waals surface area contributed by atoms with Gasteiger partial charge < -0.3 is 10.2 Å². The van der Waals surface area contributed by atoms with E-state index in [0.29, 0.717) is 24.3 Å². The molecule has 1 heterocycles. The maximum Gasteiger partial charge on any atom is 0.285 e. The maximum atomic E-state index is 13.1. The first kappa shape index (κ1) is 22.7. The molecule has 0 bridgehead atoms. The van der Waals surface area contributed by atoms with Crippen molar-refractivity contribution in [3.63, 3.8) is 0 Å². The second kappa shape index (κ2) is 9.03. The van der Waals surface area contributed by atoms with E-state index in [1.807, 2.05) is 0 Å². The SMILES string of the molecule is Cc1cccc(C(=O)Nc2cc(S(=O)(=O)N3CCCCC3)ccc2N(C)C)c1[N+](=O)[O-]. The third-order valence-electron chi connectivity index (χ3n) is 5.32. The van der Waals surface area contributed by atoms with Gasteiger partial charge in [-0.2, -0.15) is 4.31 Å². The van der Waals surface area contributed by atoms with Gasteiger partial charge in [-0.15, -0.1) is 0 Å². The first-order valence-electron chi connectivity index (χ1n) is 10.00. The van der Waals surface area contributed by atoms with Crippen LogP contribution in [-0.2, 0) is 10.0 Å². The Morgan fingerprint density at radius 2 is 1.81 bits per heavy atom. The summed E-state index contributed by atoms with van der Waals surface area (Å²) in [5, 5.41) is 14.1. The fraction of sp³-hybridized carbons (Fsp3) is 0.381. The fourth-order valence-corrected chi connectivity index (χ4v) is 5.24. The van der Waals surface area contributed by atoms with E-state index in [1.165, 1.54) is 22.5 Å². The van der Waals surface area contributed by atoms with Gasteiger partial charge in [-0.05, 0) is 44.0 Å². The van der Waals surface area contributed by atoms with Gasteiger partial charge in [0.2, 0.25) is 10.0 Å². The molecule has 0 radical (unpaired) electrons. The number of hydrogen-bond acceptors (Lipinski definition) is 6. The zero-order valence-corrected chi connectivity index (χ0v) is 18.6. The van der Waals surface area contributed by atoms with Gasteiger partial charge in [-0.3, -0.25) is 14.9 Å². The normalized spacial score (nSPS) is 14.8. The molecule has 166 valence electrons. The summed E-state index contributed by atoms with van der Waals surface area (Å²) in [6.07, 6.45) is 2.63. The molecular formula is C21H26N4O5S. The van der Waals surface area contributed by atoms with Crippen molar-refractivity contribution < 1.29 is 18.1 Å². The van der Waals surface area contributed by atoms with Gasteiger partial charge in [0.15, 0.2) is 0 Å². The molecule has 1 saturated heterocycles. The molecule has 9 nitrogen and oxygen atoms in total. The number of anilines is 2. The number of nitrogens with one attached hydrogen (secondary N) is 1. The zero-order valence-electron chi connectivity index (χ0n) is 17.8. The summed E-state index contributed by atoms with van der Waals surface area (Å²) < 4.78 is 27.6. The molecule has 2 aromatic carbocycles. The van der Waals surface area contributed by atoms with Crippen molar-refractivity contribution in [2.75, 3.05) is 37.4 Å². The predicted octanol–water partition coefficient (Wildman–Crippen LogP) is 3.40. The molecule has 0 saturated carbocycles. The van der Waals surface area contributed by atoms with Gasteiger partial charge in [-0.1, -0.05) is 18.6 Å². The highest BCUT2D eigenvalue weighted by atomic mass is 32.2. The van der Waals surface area contributed by atoms with E-state index in [2.05, 4.69) is 5.32 Å². The van der Waals surface area contributed by atoms with Crippen LogP contribution in [0.5, 0.6) is 0 Å². The van der Waals surface area contributed by atoms with Crippen molar-refractivity contribution in [1.82, 2.24) is 4.31 Å². The molecule has 1 fully saturated rings. The van der Waals surface area contributed by atoms with Crippen LogP contribution >= 0.6 is 0 Å². The minimum absolute atomic E-state index is 0.0778. The van der Waals surface area contributed by atoms with Gasteiger partial charge >= 0.3 is 0 Å². The van der Waals surface area contributed by atoms with Crippen LogP contribution in [0.4, 0.5) is 17.1 Å². The van der Waals surface area contributed by atoms with E-state index in [0.717, 1.165) is 19.3 Å². The highest BCUT2D eigenvalue weighted by molar-refractivity contribution is 7.89. The van der Waals surface area contributed by atoms with Crippen LogP contribution in [0.3, 0.4) is 0 Å². The molecule has 0 unspecified atom stereocenters. The summed E-state index contributed by atoms with van der Waals surface area (Å²) in [6.45, 7) is 2.50. The van der Waals surface area contributed by atoms with E-state index < -0.39 is 20.9 Å². The van der Waals surface area contributed by atoms with Gasteiger partial charge in [0, 0.05) is 32.7 Å². The summed E-state index contributed by atoms with van der Waals surface area (Å²) in [5.74, 6) is -0.675. The van der Waals surface area contributed by atoms with Crippen molar-refractivity contribution in [3.05, 3.63) is 57.6 Å². The zero-order chi connectivity index (χ0) is 22.8. The quantitative estimate of drug-likeness (QED) is 0.538. The predicted molar refractivity (Wildman–Crippen MR) is 119 cm³/mol. The van der Waals surface area contributed by atoms with Gasteiger partial charge in [-0.25, -0.2) is 8.42 Å². The van der Waals surface area contributed by atoms with Gasteiger partial charge in [0.05, 0.1) is 21.2 Å². The first-order chi connectivity index (χ1) is 14.6. The average Bonchev–Trinajstić information content (AvgIpc) is 2.73. The molecule has 0 aromatic heterocycles. The van der Waals surface area contributed by atoms with Crippen LogP contribution in [0, 0.1) is 17.0 Å². The second-order valence-electron chi connectivity index (χ2n) is 7.72. The van der Waals surface area contributed by atoms with E-state index in [4.69, 9.17) is 0 Å². The third kappa shape index (κ3) is 4.70. The number of hydrogen-bond donors (Lipinski definition) is 1. The van der Waals surface area contributed by atoms with Crippen molar-refractivity contribution in [3.8, 4) is 0 Å². The minimum Gasteiger partial charge on any atom is -0.376 e. The van der Waals surface area contributed by atoms with Gasteiger partial charge in [0.25, 0.3) is 11.6 Å². The van der Waals surface area contributed by atoms with Crippen LogP contribution in [0.1, 0.15) is 35.2 Å². The number of nitrogens with zero attached hydrogens (tertiary/aromatic N) is 3. The van der Waals surface area contributed by atoms with Crippen LogP contribution in [0.2, 0.25) is 0 Å². The number of sulfonamides is 1. The van der Waals surface area contributed by atoms with Crippen LogP contribution in [0.15, 0.2) is 41.3 Å². The van der Waals surface area contributed by atoms with Crippen LogP contribution in [0.25, 0.3) is 0 Å². The molecule has 3 rings (SSSR count). The molecule has 0 aliphatic carbocycles. The van der Waals surface area contributed by atoms with Crippen molar-refractivity contribution in [2.45, 2.75) is 31.1 Å². The molecule has 2 aromatic rings. The topological polar surface area (TPSA) is 113 Å². The lowest BCUT2D eigenvalue weighted by Crippen LogP contribution is -2.35. The van der Waals surface area contributed by atoms with Crippen LogP contribution < -0.4 is 10.2 Å². The molecule has 1 N–H and O–H groups in total. The Labute approximate surface area is 181 Å². The standard InChI is InChI=1S/C21H26N4O5S/c1-15-8-7-9-17(20(15)25(27)28)21(26)22-18-14-16(10-11-19(18)23(2)3)31(29,30)24-12-5-4-6-13-24/h7-11,14H,4-6,12-13H2,1-3H3,(H,22,26). The number of aryl methyl sites for hydroxylation is 1. The average molecular weight is 447 g/mol. The molecule has 0 atom stereocenters. The summed E-state index contributed by atoms with van der Waals surface area (Å²) in [5.41, 5.74) is 0.861. The van der Waals surface area contributed by atoms with Crippen molar-refractivity contribution in [1.29, 1.82) is 0 Å². The maximum absolute atomic E-state index is 13.1. The fourth-order valence-electron chi connectivity index (χ4n) is 3.69. The number of carbonyl (C=O) groups is 1. The van der Waals surface area contributed by atoms with E-state index >= 15 is 0 Å². The summed E-state index contributed by atoms with van der Waals surface area (Å²) in [4.78, 5) is 25.6. The Hall–Kier alpha value is -2.98. The number of nitro groups is 1. The van der Waals surface area contributed by atoms with Crippen molar-refractivity contribution >= 4 is 33.0 Å². The first-order valence-corrected chi connectivity index (χ1v) is 11.4. The highest BCUT2D eigenvalue weighted by Crippen LogP contribution is 2.31. The number of rotatable bonds is 6. The number of carbonyl (C=O) groups excluding carboxylic acids is 1. The molecule has 31 heavy (non-hydrogen) atoms. The monoisotopic (exact) mass is 446 g/mol. The van der Waals surface area contributed by atoms with Crippen LogP contribution in [-0.4, -0.2) is 50.7 Å². The summed E-state index contributed by atoms with van der Waals surface area (Å²) >= 11 is 0. The van der Waals surface area contributed by atoms with Crippen molar-refractivity contribution in [2.24, 2.45) is 0 Å².